The number of pyridine rings is 1. The molecule has 0 unspecified atom stereocenters. The molecule has 1 N–H and O–H groups in total. The summed E-state index contributed by atoms with van der Waals surface area (Å²) >= 11 is 5.91. The second kappa shape index (κ2) is 5.84. The van der Waals surface area contributed by atoms with Crippen molar-refractivity contribution < 1.29 is 14.1 Å². The van der Waals surface area contributed by atoms with E-state index in [2.05, 4.69) is 10.3 Å². The second-order valence-electron chi connectivity index (χ2n) is 4.18. The zero-order chi connectivity index (χ0) is 15.6. The highest BCUT2D eigenvalue weighted by Crippen LogP contribution is 2.22. The number of rotatable bonds is 3. The van der Waals surface area contributed by atoms with Gasteiger partial charge in [0, 0.05) is 18.0 Å². The van der Waals surface area contributed by atoms with Crippen molar-refractivity contribution in [1.82, 2.24) is 4.98 Å². The van der Waals surface area contributed by atoms with Crippen molar-refractivity contribution in [3.8, 4) is 0 Å². The number of hydrogen-bond acceptors (Lipinski definition) is 4. The molecule has 8 heteroatoms. The van der Waals surface area contributed by atoms with Gasteiger partial charge in [-0.2, -0.15) is 0 Å². The Balaban J connectivity index is 2.25. The summed E-state index contributed by atoms with van der Waals surface area (Å²) in [5.41, 5.74) is 0.140. The summed E-state index contributed by atoms with van der Waals surface area (Å²) in [6.45, 7) is 1.71. The van der Waals surface area contributed by atoms with Gasteiger partial charge in [0.1, 0.15) is 0 Å². The lowest BCUT2D eigenvalue weighted by Gasteiger charge is -2.07. The first-order valence-electron chi connectivity index (χ1n) is 5.76. The molecule has 0 aliphatic rings. The molecule has 0 saturated carbocycles. The van der Waals surface area contributed by atoms with Gasteiger partial charge in [0.2, 0.25) is 0 Å². The van der Waals surface area contributed by atoms with Gasteiger partial charge in [-0.05, 0) is 19.1 Å². The minimum absolute atomic E-state index is 0.0834. The molecular formula is C13H9ClFN3O3. The van der Waals surface area contributed by atoms with Crippen LogP contribution in [0.3, 0.4) is 0 Å². The summed E-state index contributed by atoms with van der Waals surface area (Å²) in [7, 11) is 0. The number of hydrogen-bond donors (Lipinski definition) is 1. The van der Waals surface area contributed by atoms with E-state index in [0.717, 1.165) is 18.2 Å². The van der Waals surface area contributed by atoms with Crippen LogP contribution in [0.5, 0.6) is 0 Å². The topological polar surface area (TPSA) is 85.1 Å². The highest BCUT2D eigenvalue weighted by molar-refractivity contribution is 6.34. The first-order chi connectivity index (χ1) is 9.88. The fraction of sp³-hybridized carbons (Fsp3) is 0.0769. The third-order valence-electron chi connectivity index (χ3n) is 2.65. The standard InChI is InChI=1S/C13H9ClFN3O3/c1-7-4-10(14)9(6-16-7)13(19)17-12-3-2-8(18(20)21)5-11(12)15/h2-6H,1H3,(H,17,19). The lowest BCUT2D eigenvalue weighted by Crippen LogP contribution is -2.14. The predicted molar refractivity (Wildman–Crippen MR) is 75.0 cm³/mol. The molecule has 0 atom stereocenters. The van der Waals surface area contributed by atoms with Crippen molar-refractivity contribution in [3.63, 3.8) is 0 Å². The summed E-state index contributed by atoms with van der Waals surface area (Å²) < 4.78 is 13.7. The number of non-ortho nitro benzene ring substituents is 1. The molecule has 0 aliphatic heterocycles. The Labute approximate surface area is 123 Å². The molecule has 0 bridgehead atoms. The number of benzene rings is 1. The van der Waals surface area contributed by atoms with Crippen molar-refractivity contribution in [2.75, 3.05) is 5.32 Å². The van der Waals surface area contributed by atoms with Crippen LogP contribution < -0.4 is 5.32 Å². The molecule has 2 aromatic rings. The fourth-order valence-electron chi connectivity index (χ4n) is 1.60. The van der Waals surface area contributed by atoms with Crippen LogP contribution in [0, 0.1) is 22.9 Å². The quantitative estimate of drug-likeness (QED) is 0.696. The molecule has 0 aliphatic carbocycles. The molecular weight excluding hydrogens is 301 g/mol. The smallest absolute Gasteiger partial charge is 0.272 e. The van der Waals surface area contributed by atoms with Gasteiger partial charge in [0.15, 0.2) is 5.82 Å². The normalized spacial score (nSPS) is 10.2. The molecule has 21 heavy (non-hydrogen) atoms. The van der Waals surface area contributed by atoms with Gasteiger partial charge >= 0.3 is 0 Å². The summed E-state index contributed by atoms with van der Waals surface area (Å²) in [5, 5.41) is 13.0. The van der Waals surface area contributed by atoms with Gasteiger partial charge in [-0.15, -0.1) is 0 Å². The number of nitro benzene ring substituents is 1. The number of carbonyl (C=O) groups is 1. The zero-order valence-corrected chi connectivity index (χ0v) is 11.5. The summed E-state index contributed by atoms with van der Waals surface area (Å²) in [4.78, 5) is 25.7. The number of anilines is 1. The molecule has 0 saturated heterocycles. The molecule has 108 valence electrons. The lowest BCUT2D eigenvalue weighted by molar-refractivity contribution is -0.385. The Morgan fingerprint density at radius 3 is 2.71 bits per heavy atom. The molecule has 0 fully saturated rings. The number of carbonyl (C=O) groups excluding carboxylic acids is 1. The average molecular weight is 310 g/mol. The Kier molecular flexibility index (Phi) is 4.13. The zero-order valence-electron chi connectivity index (χ0n) is 10.8. The minimum atomic E-state index is -0.909. The number of nitrogens with one attached hydrogen (secondary N) is 1. The average Bonchev–Trinajstić information content (AvgIpc) is 2.40. The van der Waals surface area contributed by atoms with E-state index in [-0.39, 0.29) is 16.3 Å². The SMILES string of the molecule is Cc1cc(Cl)c(C(=O)Nc2ccc([N+](=O)[O-])cc2F)cn1. The number of aromatic nitrogens is 1. The van der Waals surface area contributed by atoms with Crippen LogP contribution in [0.4, 0.5) is 15.8 Å². The van der Waals surface area contributed by atoms with Crippen molar-refractivity contribution in [3.05, 3.63) is 62.7 Å². The third-order valence-corrected chi connectivity index (χ3v) is 2.96. The van der Waals surface area contributed by atoms with Crippen LogP contribution in [0.1, 0.15) is 16.1 Å². The predicted octanol–water partition coefficient (Wildman–Crippen LogP) is 3.34. The monoisotopic (exact) mass is 309 g/mol. The Bertz CT molecular complexity index is 737. The van der Waals surface area contributed by atoms with E-state index in [0.29, 0.717) is 5.69 Å². The molecule has 6 nitrogen and oxygen atoms in total. The highest BCUT2D eigenvalue weighted by Gasteiger charge is 2.15. The number of nitrogens with zero attached hydrogens (tertiary/aromatic N) is 2. The van der Waals surface area contributed by atoms with Gasteiger partial charge in [-0.3, -0.25) is 19.9 Å². The maximum atomic E-state index is 13.7. The van der Waals surface area contributed by atoms with E-state index in [1.54, 1.807) is 6.92 Å². The first-order valence-corrected chi connectivity index (χ1v) is 6.13. The van der Waals surface area contributed by atoms with E-state index in [1.165, 1.54) is 12.3 Å². The van der Waals surface area contributed by atoms with Crippen LogP contribution in [0.15, 0.2) is 30.5 Å². The molecule has 2 rings (SSSR count). The van der Waals surface area contributed by atoms with E-state index in [9.17, 15) is 19.3 Å². The van der Waals surface area contributed by atoms with Crippen LogP contribution in [0.2, 0.25) is 5.02 Å². The van der Waals surface area contributed by atoms with Gasteiger partial charge in [-0.1, -0.05) is 11.6 Å². The van der Waals surface area contributed by atoms with E-state index < -0.39 is 22.3 Å². The molecule has 1 aromatic heterocycles. The van der Waals surface area contributed by atoms with Crippen LogP contribution in [-0.4, -0.2) is 15.8 Å². The van der Waals surface area contributed by atoms with Crippen LogP contribution in [-0.2, 0) is 0 Å². The van der Waals surface area contributed by atoms with Crippen molar-refractivity contribution >= 4 is 28.9 Å². The number of aryl methyl sites for hydroxylation is 1. The van der Waals surface area contributed by atoms with Crippen molar-refractivity contribution in [2.24, 2.45) is 0 Å². The molecule has 1 heterocycles. The first kappa shape index (κ1) is 14.9. The second-order valence-corrected chi connectivity index (χ2v) is 4.59. The van der Waals surface area contributed by atoms with E-state index in [4.69, 9.17) is 11.6 Å². The summed E-state index contributed by atoms with van der Waals surface area (Å²) in [5.74, 6) is -1.56. The Morgan fingerprint density at radius 2 is 2.14 bits per heavy atom. The molecule has 1 amide bonds. The highest BCUT2D eigenvalue weighted by atomic mass is 35.5. The fourth-order valence-corrected chi connectivity index (χ4v) is 1.89. The van der Waals surface area contributed by atoms with Gasteiger partial charge in [0.25, 0.3) is 11.6 Å². The Hall–Kier alpha value is -2.54. The minimum Gasteiger partial charge on any atom is -0.319 e. The van der Waals surface area contributed by atoms with Crippen LogP contribution >= 0.6 is 11.6 Å². The van der Waals surface area contributed by atoms with Gasteiger partial charge < -0.3 is 5.32 Å². The van der Waals surface area contributed by atoms with E-state index >= 15 is 0 Å². The maximum Gasteiger partial charge on any atom is 0.272 e. The number of halogens is 2. The third kappa shape index (κ3) is 3.32. The Morgan fingerprint density at radius 1 is 1.43 bits per heavy atom. The molecule has 0 radical (unpaired) electrons. The van der Waals surface area contributed by atoms with Gasteiger partial charge in [0.05, 0.1) is 27.3 Å². The largest absolute Gasteiger partial charge is 0.319 e. The lowest BCUT2D eigenvalue weighted by atomic mass is 10.2. The summed E-state index contributed by atoms with van der Waals surface area (Å²) in [6, 6.07) is 4.43. The molecule has 1 aromatic carbocycles. The maximum absolute atomic E-state index is 13.7. The van der Waals surface area contributed by atoms with Crippen molar-refractivity contribution in [2.45, 2.75) is 6.92 Å². The van der Waals surface area contributed by atoms with Gasteiger partial charge in [-0.25, -0.2) is 4.39 Å². The van der Waals surface area contributed by atoms with Crippen molar-refractivity contribution in [1.29, 1.82) is 0 Å². The number of nitro groups is 1. The summed E-state index contributed by atoms with van der Waals surface area (Å²) in [6.07, 6.45) is 1.27. The number of amides is 1. The van der Waals surface area contributed by atoms with E-state index in [1.807, 2.05) is 0 Å². The van der Waals surface area contributed by atoms with Crippen LogP contribution in [0.25, 0.3) is 0 Å². The molecule has 0 spiro atoms.